The van der Waals surface area contributed by atoms with E-state index in [1.54, 1.807) is 0 Å². The van der Waals surface area contributed by atoms with Gasteiger partial charge in [-0.3, -0.25) is 4.79 Å². The molecule has 0 aliphatic carbocycles. The molecule has 0 saturated heterocycles. The molecule has 0 spiro atoms. The third kappa shape index (κ3) is 3.01. The Morgan fingerprint density at radius 2 is 1.90 bits per heavy atom. The molecule has 2 nitrogen and oxygen atoms in total. The zero-order chi connectivity index (χ0) is 15.0. The fourth-order valence-electron chi connectivity index (χ4n) is 1.93. The van der Waals surface area contributed by atoms with Gasteiger partial charge in [-0.05, 0) is 40.2 Å². The third-order valence-corrected chi connectivity index (χ3v) is 5.78. The molecule has 0 saturated carbocycles. The number of halogens is 3. The maximum atomic E-state index is 12.4. The van der Waals surface area contributed by atoms with Gasteiger partial charge in [-0.25, -0.2) is 0 Å². The zero-order valence-corrected chi connectivity index (χ0v) is 15.2. The predicted molar refractivity (Wildman–Crippen MR) is 96.6 cm³/mol. The summed E-state index contributed by atoms with van der Waals surface area (Å²) in [7, 11) is 0. The molecule has 1 amide bonds. The summed E-state index contributed by atoms with van der Waals surface area (Å²) >= 11 is 14.5. The molecule has 1 heterocycles. The standard InChI is InChI=1S/C15H8Br2ClNOS/c16-8-5-6-10(17)11(7-8)19-15(20)14-13(18)9-3-1-2-4-12(9)21-14/h1-7H,(H,19,20). The number of amides is 1. The van der Waals surface area contributed by atoms with Crippen LogP contribution in [0.25, 0.3) is 10.1 Å². The van der Waals surface area contributed by atoms with Gasteiger partial charge in [0.25, 0.3) is 5.91 Å². The fraction of sp³-hybridized carbons (Fsp3) is 0. The second-order valence-electron chi connectivity index (χ2n) is 4.32. The number of rotatable bonds is 2. The van der Waals surface area contributed by atoms with Gasteiger partial charge in [-0.1, -0.05) is 45.7 Å². The summed E-state index contributed by atoms with van der Waals surface area (Å²) in [5.74, 6) is -0.208. The van der Waals surface area contributed by atoms with Crippen LogP contribution in [0.1, 0.15) is 9.67 Å². The number of carbonyl (C=O) groups is 1. The van der Waals surface area contributed by atoms with Crippen molar-refractivity contribution in [2.24, 2.45) is 0 Å². The molecule has 6 heteroatoms. The molecule has 3 aromatic rings. The van der Waals surface area contributed by atoms with Crippen molar-refractivity contribution in [1.29, 1.82) is 0 Å². The van der Waals surface area contributed by atoms with Crippen LogP contribution in [0.3, 0.4) is 0 Å². The van der Waals surface area contributed by atoms with Gasteiger partial charge in [0.05, 0.1) is 10.7 Å². The lowest BCUT2D eigenvalue weighted by Crippen LogP contribution is -2.11. The highest BCUT2D eigenvalue weighted by molar-refractivity contribution is 9.11. The highest BCUT2D eigenvalue weighted by Crippen LogP contribution is 2.36. The number of fused-ring (bicyclic) bond motifs is 1. The lowest BCUT2D eigenvalue weighted by atomic mass is 10.2. The summed E-state index contributed by atoms with van der Waals surface area (Å²) in [5.41, 5.74) is 0.697. The van der Waals surface area contributed by atoms with Crippen LogP contribution >= 0.6 is 54.8 Å². The first-order valence-electron chi connectivity index (χ1n) is 5.99. The van der Waals surface area contributed by atoms with Crippen molar-refractivity contribution in [3.63, 3.8) is 0 Å². The van der Waals surface area contributed by atoms with Crippen molar-refractivity contribution in [1.82, 2.24) is 0 Å². The normalized spacial score (nSPS) is 10.8. The fourth-order valence-corrected chi connectivity index (χ4v) is 4.05. The Hall–Kier alpha value is -0.880. The molecular weight excluding hydrogens is 437 g/mol. The van der Waals surface area contributed by atoms with Gasteiger partial charge in [0.2, 0.25) is 0 Å². The molecular formula is C15H8Br2ClNOS. The van der Waals surface area contributed by atoms with E-state index in [1.165, 1.54) is 11.3 Å². The number of carbonyl (C=O) groups excluding carboxylic acids is 1. The van der Waals surface area contributed by atoms with E-state index in [-0.39, 0.29) is 5.91 Å². The van der Waals surface area contributed by atoms with E-state index in [1.807, 2.05) is 42.5 Å². The Morgan fingerprint density at radius 1 is 1.14 bits per heavy atom. The highest BCUT2D eigenvalue weighted by atomic mass is 79.9. The van der Waals surface area contributed by atoms with E-state index in [4.69, 9.17) is 11.6 Å². The average molecular weight is 446 g/mol. The SMILES string of the molecule is O=C(Nc1cc(Br)ccc1Br)c1sc2ccccc2c1Cl. The van der Waals surface area contributed by atoms with Crippen molar-refractivity contribution in [2.45, 2.75) is 0 Å². The molecule has 0 fully saturated rings. The second-order valence-corrected chi connectivity index (χ2v) is 7.52. The lowest BCUT2D eigenvalue weighted by molar-refractivity contribution is 0.103. The third-order valence-electron chi connectivity index (χ3n) is 2.92. The van der Waals surface area contributed by atoms with Crippen LogP contribution in [-0.4, -0.2) is 5.91 Å². The van der Waals surface area contributed by atoms with Crippen LogP contribution in [0.2, 0.25) is 5.02 Å². The number of hydrogen-bond acceptors (Lipinski definition) is 2. The van der Waals surface area contributed by atoms with Gasteiger partial charge in [0.1, 0.15) is 4.88 Å². The summed E-state index contributed by atoms with van der Waals surface area (Å²) in [6.07, 6.45) is 0. The number of benzene rings is 2. The van der Waals surface area contributed by atoms with Crippen molar-refractivity contribution in [3.05, 3.63) is 61.3 Å². The minimum Gasteiger partial charge on any atom is -0.320 e. The molecule has 1 aromatic heterocycles. The van der Waals surface area contributed by atoms with Crippen LogP contribution in [-0.2, 0) is 0 Å². The number of anilines is 1. The van der Waals surface area contributed by atoms with E-state index in [0.29, 0.717) is 15.6 Å². The molecule has 0 radical (unpaired) electrons. The lowest BCUT2D eigenvalue weighted by Gasteiger charge is -2.07. The Bertz CT molecular complexity index is 847. The Labute approximate surface area is 147 Å². The molecule has 3 rings (SSSR count). The quantitative estimate of drug-likeness (QED) is 0.491. The van der Waals surface area contributed by atoms with Crippen LogP contribution < -0.4 is 5.32 Å². The largest absolute Gasteiger partial charge is 0.320 e. The zero-order valence-electron chi connectivity index (χ0n) is 10.5. The van der Waals surface area contributed by atoms with Gasteiger partial charge in [0.15, 0.2) is 0 Å². The van der Waals surface area contributed by atoms with E-state index in [2.05, 4.69) is 37.2 Å². The summed E-state index contributed by atoms with van der Waals surface area (Å²) in [6, 6.07) is 13.3. The van der Waals surface area contributed by atoms with Gasteiger partial charge >= 0.3 is 0 Å². The molecule has 1 N–H and O–H groups in total. The topological polar surface area (TPSA) is 29.1 Å². The van der Waals surface area contributed by atoms with E-state index < -0.39 is 0 Å². The van der Waals surface area contributed by atoms with Gasteiger partial charge in [-0.2, -0.15) is 0 Å². The minimum atomic E-state index is -0.208. The molecule has 106 valence electrons. The van der Waals surface area contributed by atoms with Crippen LogP contribution in [0.5, 0.6) is 0 Å². The summed E-state index contributed by atoms with van der Waals surface area (Å²) in [5, 5.41) is 4.28. The molecule has 0 atom stereocenters. The first kappa shape index (κ1) is 15.0. The van der Waals surface area contributed by atoms with Crippen molar-refractivity contribution in [2.75, 3.05) is 5.32 Å². The maximum Gasteiger partial charge on any atom is 0.267 e. The number of nitrogens with one attached hydrogen (secondary N) is 1. The van der Waals surface area contributed by atoms with Crippen LogP contribution in [0, 0.1) is 0 Å². The van der Waals surface area contributed by atoms with Gasteiger partial charge in [0, 0.05) is 19.0 Å². The van der Waals surface area contributed by atoms with Gasteiger partial charge < -0.3 is 5.32 Å². The molecule has 0 aliphatic heterocycles. The summed E-state index contributed by atoms with van der Waals surface area (Å²) < 4.78 is 2.71. The molecule has 21 heavy (non-hydrogen) atoms. The predicted octanol–water partition coefficient (Wildman–Crippen LogP) is 6.33. The van der Waals surface area contributed by atoms with E-state index in [0.717, 1.165) is 19.0 Å². The summed E-state index contributed by atoms with van der Waals surface area (Å²) in [6.45, 7) is 0. The van der Waals surface area contributed by atoms with Crippen LogP contribution in [0.15, 0.2) is 51.4 Å². The van der Waals surface area contributed by atoms with Crippen molar-refractivity contribution < 1.29 is 4.79 Å². The van der Waals surface area contributed by atoms with Gasteiger partial charge in [-0.15, -0.1) is 11.3 Å². The smallest absolute Gasteiger partial charge is 0.267 e. The van der Waals surface area contributed by atoms with Crippen LogP contribution in [0.4, 0.5) is 5.69 Å². The molecule has 0 unspecified atom stereocenters. The number of hydrogen-bond donors (Lipinski definition) is 1. The maximum absolute atomic E-state index is 12.4. The van der Waals surface area contributed by atoms with E-state index >= 15 is 0 Å². The Morgan fingerprint density at radius 3 is 2.67 bits per heavy atom. The first-order valence-corrected chi connectivity index (χ1v) is 8.78. The highest BCUT2D eigenvalue weighted by Gasteiger charge is 2.17. The first-order chi connectivity index (χ1) is 10.1. The molecule has 0 aliphatic rings. The average Bonchev–Trinajstić information content (AvgIpc) is 2.81. The molecule has 2 aromatic carbocycles. The monoisotopic (exact) mass is 443 g/mol. The second kappa shape index (κ2) is 6.08. The van der Waals surface area contributed by atoms with Crippen molar-refractivity contribution in [3.8, 4) is 0 Å². The number of thiophene rings is 1. The molecule has 0 bridgehead atoms. The summed E-state index contributed by atoms with van der Waals surface area (Å²) in [4.78, 5) is 13.0. The van der Waals surface area contributed by atoms with Crippen molar-refractivity contribution >= 4 is 76.5 Å². The Kier molecular flexibility index (Phi) is 4.36. The Balaban J connectivity index is 1.97. The minimum absolute atomic E-state index is 0.208. The van der Waals surface area contributed by atoms with E-state index in [9.17, 15) is 4.79 Å².